The molecular weight excluding hydrogens is 729 g/mol. The van der Waals surface area contributed by atoms with E-state index in [4.69, 9.17) is 9.47 Å². The average Bonchev–Trinajstić information content (AvgIpc) is 3.19. The van der Waals surface area contributed by atoms with Gasteiger partial charge in [0.25, 0.3) is 11.5 Å². The largest absolute Gasteiger partial charge is 0.495 e. The van der Waals surface area contributed by atoms with Crippen LogP contribution in [0.1, 0.15) is 55.8 Å². The van der Waals surface area contributed by atoms with Gasteiger partial charge in [0.15, 0.2) is 17.4 Å². The van der Waals surface area contributed by atoms with Gasteiger partial charge < -0.3 is 18.9 Å². The molecule has 296 valence electrons. The SMILES string of the molecule is CCCCn1cc(-c2cc(F)c(O[C@@H]3CCN(CC4CCN(C(=O)c5ccc(OC)c(N6CCC(=O)NC6=O)c5)CC4)C[C@H]3F)c(F)c2)c2ccncc2c1=O. The lowest BCUT2D eigenvalue weighted by Crippen LogP contribution is -2.50. The van der Waals surface area contributed by atoms with Gasteiger partial charge in [-0.2, -0.15) is 0 Å². The van der Waals surface area contributed by atoms with Gasteiger partial charge in [-0.05, 0) is 78.9 Å². The predicted molar refractivity (Wildman–Crippen MR) is 204 cm³/mol. The Labute approximate surface area is 322 Å². The molecule has 3 saturated heterocycles. The molecule has 0 unspecified atom stereocenters. The second-order valence-corrected chi connectivity index (χ2v) is 14.7. The van der Waals surface area contributed by atoms with Crippen molar-refractivity contribution in [3.63, 3.8) is 0 Å². The number of pyridine rings is 2. The first kappa shape index (κ1) is 38.8. The maximum atomic E-state index is 15.6. The zero-order valence-corrected chi connectivity index (χ0v) is 31.4. The number of rotatable bonds is 11. The molecule has 0 spiro atoms. The summed E-state index contributed by atoms with van der Waals surface area (Å²) in [5.74, 6) is -2.46. The van der Waals surface area contributed by atoms with Crippen LogP contribution in [0.15, 0.2) is 59.8 Å². The zero-order valence-electron chi connectivity index (χ0n) is 31.4. The van der Waals surface area contributed by atoms with Gasteiger partial charge in [0, 0.05) is 82.0 Å². The number of urea groups is 1. The van der Waals surface area contributed by atoms with Gasteiger partial charge in [0.2, 0.25) is 5.91 Å². The molecular formula is C41H45F3N6O6. The van der Waals surface area contributed by atoms with Crippen LogP contribution in [-0.2, 0) is 11.3 Å². The van der Waals surface area contributed by atoms with Crippen molar-refractivity contribution in [3.8, 4) is 22.6 Å². The highest BCUT2D eigenvalue weighted by atomic mass is 19.1. The smallest absolute Gasteiger partial charge is 0.328 e. The fraction of sp³-hybridized carbons (Fsp3) is 0.439. The first-order valence-electron chi connectivity index (χ1n) is 19.1. The maximum Gasteiger partial charge on any atom is 0.328 e. The number of likely N-dealkylation sites (tertiary alicyclic amines) is 2. The molecule has 7 rings (SSSR count). The third-order valence-electron chi connectivity index (χ3n) is 11.0. The van der Waals surface area contributed by atoms with Crippen LogP contribution in [0.5, 0.6) is 11.5 Å². The molecule has 4 aromatic rings. The Balaban J connectivity index is 0.945. The fourth-order valence-electron chi connectivity index (χ4n) is 7.88. The van der Waals surface area contributed by atoms with Crippen molar-refractivity contribution < 1.29 is 37.0 Å². The van der Waals surface area contributed by atoms with Crippen LogP contribution in [0.4, 0.5) is 23.7 Å². The van der Waals surface area contributed by atoms with E-state index >= 15 is 13.2 Å². The van der Waals surface area contributed by atoms with E-state index in [1.54, 1.807) is 35.4 Å². The summed E-state index contributed by atoms with van der Waals surface area (Å²) in [6, 6.07) is 8.28. The highest BCUT2D eigenvalue weighted by molar-refractivity contribution is 6.07. The van der Waals surface area contributed by atoms with Gasteiger partial charge in [-0.3, -0.25) is 34.5 Å². The van der Waals surface area contributed by atoms with E-state index in [0.717, 1.165) is 25.0 Å². The van der Waals surface area contributed by atoms with E-state index in [2.05, 4.69) is 10.3 Å². The van der Waals surface area contributed by atoms with Crippen LogP contribution in [0.25, 0.3) is 21.9 Å². The summed E-state index contributed by atoms with van der Waals surface area (Å²) in [4.78, 5) is 59.9. The van der Waals surface area contributed by atoms with Gasteiger partial charge in [-0.25, -0.2) is 18.0 Å². The molecule has 2 atom stereocenters. The topological polar surface area (TPSA) is 126 Å². The first-order valence-corrected chi connectivity index (χ1v) is 19.1. The number of anilines is 1. The molecule has 0 aliphatic carbocycles. The summed E-state index contributed by atoms with van der Waals surface area (Å²) >= 11 is 0. The number of nitrogens with one attached hydrogen (secondary N) is 1. The number of piperidine rings is 2. The number of halogens is 3. The van der Waals surface area contributed by atoms with E-state index in [9.17, 15) is 19.2 Å². The molecule has 12 nitrogen and oxygen atoms in total. The number of hydrogen-bond donors (Lipinski definition) is 1. The Morgan fingerprint density at radius 1 is 0.982 bits per heavy atom. The third kappa shape index (κ3) is 8.08. The number of alkyl halides is 1. The Hall–Kier alpha value is -5.44. The number of aryl methyl sites for hydroxylation is 1. The Kier molecular flexibility index (Phi) is 11.6. The average molecular weight is 775 g/mol. The lowest BCUT2D eigenvalue weighted by atomic mass is 9.94. The van der Waals surface area contributed by atoms with Crippen LogP contribution in [0.2, 0.25) is 0 Å². The summed E-state index contributed by atoms with van der Waals surface area (Å²) in [6.07, 6.45) is 5.50. The highest BCUT2D eigenvalue weighted by Gasteiger charge is 2.35. The summed E-state index contributed by atoms with van der Waals surface area (Å²) in [5, 5.41) is 3.16. The fourth-order valence-corrected chi connectivity index (χ4v) is 7.88. The number of unbranched alkanes of at least 4 members (excludes halogenated alkanes) is 1. The van der Waals surface area contributed by atoms with Crippen molar-refractivity contribution >= 4 is 34.3 Å². The number of fused-ring (bicyclic) bond motifs is 1. The summed E-state index contributed by atoms with van der Waals surface area (Å²) in [7, 11) is 1.47. The number of amides is 4. The van der Waals surface area contributed by atoms with E-state index in [1.807, 2.05) is 11.8 Å². The van der Waals surface area contributed by atoms with Crippen LogP contribution in [-0.4, -0.2) is 95.9 Å². The molecule has 15 heteroatoms. The number of aromatic nitrogens is 2. The molecule has 3 fully saturated rings. The van der Waals surface area contributed by atoms with Crippen molar-refractivity contribution in [2.24, 2.45) is 5.92 Å². The summed E-state index contributed by atoms with van der Waals surface area (Å²) < 4.78 is 59.4. The number of methoxy groups -OCH3 is 1. The van der Waals surface area contributed by atoms with Crippen molar-refractivity contribution in [2.45, 2.75) is 64.3 Å². The van der Waals surface area contributed by atoms with Gasteiger partial charge in [0.1, 0.15) is 18.0 Å². The molecule has 4 amide bonds. The predicted octanol–water partition coefficient (Wildman–Crippen LogP) is 5.94. The number of hydrogen-bond acceptors (Lipinski definition) is 8. The third-order valence-corrected chi connectivity index (χ3v) is 11.0. The first-order chi connectivity index (χ1) is 27.0. The minimum Gasteiger partial charge on any atom is -0.495 e. The number of imide groups is 1. The quantitative estimate of drug-likeness (QED) is 0.199. The summed E-state index contributed by atoms with van der Waals surface area (Å²) in [6.45, 7) is 4.79. The normalized spacial score (nSPS) is 19.7. The van der Waals surface area contributed by atoms with Crippen LogP contribution in [0.3, 0.4) is 0 Å². The molecule has 1 N–H and O–H groups in total. The molecule has 0 saturated carbocycles. The molecule has 2 aromatic carbocycles. The Morgan fingerprint density at radius 2 is 1.75 bits per heavy atom. The van der Waals surface area contributed by atoms with E-state index in [1.165, 1.54) is 29.0 Å². The molecule has 2 aromatic heterocycles. The van der Waals surface area contributed by atoms with Crippen LogP contribution in [0, 0.1) is 17.6 Å². The number of carbonyl (C=O) groups is 3. The standard InChI is InChI=1S/C41H45F3N6O6/c1-3-4-13-49-23-30(28-7-12-45-21-29(28)40(49)53)27-18-31(42)38(32(43)19-27)56-35-10-14-47(24-33(35)44)22-25-8-15-48(16-9-25)39(52)26-5-6-36(55-2)34(20-26)50-17-11-37(51)46-41(50)54/h5-7,12,18-21,23,25,33,35H,3-4,8-11,13-17,22,24H2,1-2H3,(H,46,51,54)/t33-,35-/m1/s1. The number of benzene rings is 2. The van der Waals surface area contributed by atoms with Crippen LogP contribution < -0.4 is 25.2 Å². The van der Waals surface area contributed by atoms with E-state index in [0.29, 0.717) is 78.9 Å². The van der Waals surface area contributed by atoms with Gasteiger partial charge >= 0.3 is 6.03 Å². The van der Waals surface area contributed by atoms with E-state index < -0.39 is 35.7 Å². The lowest BCUT2D eigenvalue weighted by Gasteiger charge is -2.39. The van der Waals surface area contributed by atoms with E-state index in [-0.39, 0.29) is 54.8 Å². The number of ether oxygens (including phenoxy) is 2. The minimum absolute atomic E-state index is 0.0504. The second kappa shape index (κ2) is 16.7. The van der Waals surface area contributed by atoms with Crippen molar-refractivity contribution in [1.82, 2.24) is 24.7 Å². The molecule has 5 heterocycles. The number of nitrogens with zero attached hydrogens (tertiary/aromatic N) is 5. The van der Waals surface area contributed by atoms with Crippen LogP contribution >= 0.6 is 0 Å². The van der Waals surface area contributed by atoms with Crippen molar-refractivity contribution in [3.05, 3.63) is 82.5 Å². The van der Waals surface area contributed by atoms with Gasteiger partial charge in [-0.15, -0.1) is 0 Å². The van der Waals surface area contributed by atoms with Crippen molar-refractivity contribution in [1.29, 1.82) is 0 Å². The lowest BCUT2D eigenvalue weighted by molar-refractivity contribution is -0.120. The second-order valence-electron chi connectivity index (χ2n) is 14.7. The molecule has 56 heavy (non-hydrogen) atoms. The Morgan fingerprint density at radius 3 is 2.45 bits per heavy atom. The molecule has 0 bridgehead atoms. The highest BCUT2D eigenvalue weighted by Crippen LogP contribution is 2.35. The Bertz CT molecular complexity index is 2170. The zero-order chi connectivity index (χ0) is 39.5. The van der Waals surface area contributed by atoms with Gasteiger partial charge in [0.05, 0.1) is 18.2 Å². The number of carbonyl (C=O) groups excluding carboxylic acids is 3. The van der Waals surface area contributed by atoms with Gasteiger partial charge in [-0.1, -0.05) is 13.3 Å². The summed E-state index contributed by atoms with van der Waals surface area (Å²) in [5.41, 5.74) is 1.29. The minimum atomic E-state index is -1.48. The maximum absolute atomic E-state index is 15.6. The monoisotopic (exact) mass is 774 g/mol. The molecule has 3 aliphatic rings. The van der Waals surface area contributed by atoms with Crippen molar-refractivity contribution in [2.75, 3.05) is 51.3 Å². The molecule has 3 aliphatic heterocycles. The molecule has 0 radical (unpaired) electrons.